The second kappa shape index (κ2) is 3.61. The number of hydrogen-bond donors (Lipinski definition) is 1. The van der Waals surface area contributed by atoms with Crippen LogP contribution < -0.4 is 5.32 Å². The molecule has 1 N–H and O–H groups in total. The molecule has 0 saturated carbocycles. The van der Waals surface area contributed by atoms with E-state index in [9.17, 15) is 0 Å². The molecule has 0 radical (unpaired) electrons. The standard InChI is InChI=1S/C17H19N/c1-11-5-7-15-13(9-11)17(3,4)14-10-12(2)6-8-16(14)18-15/h5-10,18H,1-4H3/i1D3,2D3. The van der Waals surface area contributed by atoms with E-state index in [1.807, 2.05) is 13.8 Å². The smallest absolute Gasteiger partial charge is 0.0426 e. The zero-order chi connectivity index (χ0) is 17.9. The third-order valence-corrected chi connectivity index (χ3v) is 3.66. The van der Waals surface area contributed by atoms with Gasteiger partial charge in [-0.05, 0) is 37.0 Å². The molecule has 1 aliphatic rings. The molecule has 1 heterocycles. The quantitative estimate of drug-likeness (QED) is 0.708. The van der Waals surface area contributed by atoms with Crippen LogP contribution in [-0.2, 0) is 5.41 Å². The summed E-state index contributed by atoms with van der Waals surface area (Å²) in [6.45, 7) is -0.381. The van der Waals surface area contributed by atoms with E-state index in [2.05, 4.69) is 5.32 Å². The molecule has 18 heavy (non-hydrogen) atoms. The van der Waals surface area contributed by atoms with Crippen LogP contribution in [0.4, 0.5) is 11.4 Å². The fourth-order valence-corrected chi connectivity index (χ4v) is 2.63. The fraction of sp³-hybridized carbons (Fsp3) is 0.294. The molecule has 1 nitrogen and oxygen atoms in total. The van der Waals surface area contributed by atoms with Crippen LogP contribution in [0, 0.1) is 13.7 Å². The fourth-order valence-electron chi connectivity index (χ4n) is 2.63. The normalized spacial score (nSPS) is 21.9. The Kier molecular flexibility index (Phi) is 1.29. The summed E-state index contributed by atoms with van der Waals surface area (Å²) in [6.07, 6.45) is 0. The molecule has 1 aliphatic heterocycles. The van der Waals surface area contributed by atoms with Crippen LogP contribution in [0.25, 0.3) is 0 Å². The van der Waals surface area contributed by atoms with Gasteiger partial charge in [-0.15, -0.1) is 0 Å². The Bertz CT molecular complexity index is 736. The van der Waals surface area contributed by atoms with Crippen LogP contribution in [-0.4, -0.2) is 0 Å². The van der Waals surface area contributed by atoms with E-state index >= 15 is 0 Å². The number of rotatable bonds is 0. The SMILES string of the molecule is [2H]C([2H])([2H])c1ccc2c(c1)C(C)(C)c1cc(C([2H])([2H])[2H])ccc1N2. The van der Waals surface area contributed by atoms with E-state index in [1.54, 1.807) is 36.4 Å². The molecular weight excluding hydrogens is 218 g/mol. The van der Waals surface area contributed by atoms with E-state index in [4.69, 9.17) is 8.22 Å². The van der Waals surface area contributed by atoms with Crippen LogP contribution >= 0.6 is 0 Å². The Morgan fingerprint density at radius 3 is 1.83 bits per heavy atom. The molecule has 0 aromatic heterocycles. The molecule has 2 aromatic rings. The van der Waals surface area contributed by atoms with Crippen molar-refractivity contribution in [1.29, 1.82) is 0 Å². The molecule has 0 aliphatic carbocycles. The predicted molar refractivity (Wildman–Crippen MR) is 77.8 cm³/mol. The van der Waals surface area contributed by atoms with E-state index in [1.165, 1.54) is 0 Å². The Morgan fingerprint density at radius 1 is 0.889 bits per heavy atom. The average Bonchev–Trinajstić information content (AvgIpc) is 2.44. The van der Waals surface area contributed by atoms with Gasteiger partial charge >= 0.3 is 0 Å². The van der Waals surface area contributed by atoms with Gasteiger partial charge in [-0.1, -0.05) is 49.2 Å². The molecule has 0 unspecified atom stereocenters. The summed E-state index contributed by atoms with van der Waals surface area (Å²) < 4.78 is 45.7. The Labute approximate surface area is 117 Å². The van der Waals surface area contributed by atoms with Crippen LogP contribution in [0.2, 0.25) is 0 Å². The minimum absolute atomic E-state index is 0.284. The van der Waals surface area contributed by atoms with Gasteiger partial charge in [0.15, 0.2) is 0 Å². The second-order valence-electron chi connectivity index (χ2n) is 5.27. The van der Waals surface area contributed by atoms with Gasteiger partial charge in [0.1, 0.15) is 0 Å². The maximum atomic E-state index is 7.62. The molecule has 3 rings (SSSR count). The number of aryl methyl sites for hydroxylation is 2. The van der Waals surface area contributed by atoms with E-state index in [-0.39, 0.29) is 11.1 Å². The molecule has 0 spiro atoms. The summed E-state index contributed by atoms with van der Waals surface area (Å²) in [5.74, 6) is 0. The summed E-state index contributed by atoms with van der Waals surface area (Å²) in [4.78, 5) is 0. The van der Waals surface area contributed by atoms with Gasteiger partial charge in [0.25, 0.3) is 0 Å². The van der Waals surface area contributed by atoms with Crippen LogP contribution in [0.3, 0.4) is 0 Å². The van der Waals surface area contributed by atoms with Gasteiger partial charge in [0.05, 0.1) is 0 Å². The van der Waals surface area contributed by atoms with Gasteiger partial charge in [-0.2, -0.15) is 0 Å². The molecule has 0 fully saturated rings. The Balaban J connectivity index is 2.18. The molecule has 2 aromatic carbocycles. The topological polar surface area (TPSA) is 12.0 Å². The zero-order valence-electron chi connectivity index (χ0n) is 16.5. The largest absolute Gasteiger partial charge is 0.355 e. The van der Waals surface area contributed by atoms with E-state index in [0.29, 0.717) is 0 Å². The highest BCUT2D eigenvalue weighted by Gasteiger charge is 2.32. The number of benzene rings is 2. The van der Waals surface area contributed by atoms with Gasteiger partial charge in [-0.25, -0.2) is 0 Å². The summed E-state index contributed by atoms with van der Waals surface area (Å²) in [5, 5.41) is 3.29. The number of hydrogen-bond acceptors (Lipinski definition) is 1. The van der Waals surface area contributed by atoms with Crippen LogP contribution in [0.5, 0.6) is 0 Å². The molecule has 92 valence electrons. The van der Waals surface area contributed by atoms with Crippen molar-refractivity contribution in [2.24, 2.45) is 0 Å². The lowest BCUT2D eigenvalue weighted by Gasteiger charge is -2.36. The maximum absolute atomic E-state index is 7.62. The summed E-state index contributed by atoms with van der Waals surface area (Å²) in [7, 11) is 0. The summed E-state index contributed by atoms with van der Waals surface area (Å²) >= 11 is 0. The van der Waals surface area contributed by atoms with Crippen molar-refractivity contribution >= 4 is 11.4 Å². The Morgan fingerprint density at radius 2 is 1.39 bits per heavy atom. The maximum Gasteiger partial charge on any atom is 0.0426 e. The van der Waals surface area contributed by atoms with Gasteiger partial charge in [0, 0.05) is 25.0 Å². The van der Waals surface area contributed by atoms with Crippen LogP contribution in [0.15, 0.2) is 36.4 Å². The summed E-state index contributed by atoms with van der Waals surface area (Å²) in [6, 6.07) is 10.2. The number of fused-ring (bicyclic) bond motifs is 2. The predicted octanol–water partition coefficient (Wildman–Crippen LogP) is 4.69. The molecular formula is C17H19N. The van der Waals surface area contributed by atoms with Crippen LogP contribution in [0.1, 0.15) is 44.3 Å². The molecule has 0 saturated heterocycles. The lowest BCUT2D eigenvalue weighted by Crippen LogP contribution is -2.26. The lowest BCUT2D eigenvalue weighted by molar-refractivity contribution is 0.637. The van der Waals surface area contributed by atoms with Crippen molar-refractivity contribution in [3.05, 3.63) is 58.7 Å². The average molecular weight is 243 g/mol. The van der Waals surface area contributed by atoms with Crippen molar-refractivity contribution in [2.45, 2.75) is 33.0 Å². The second-order valence-corrected chi connectivity index (χ2v) is 5.27. The minimum Gasteiger partial charge on any atom is -0.355 e. The van der Waals surface area contributed by atoms with Gasteiger partial charge in [-0.3, -0.25) is 0 Å². The molecule has 1 heteroatoms. The Hall–Kier alpha value is -1.76. The number of nitrogens with one attached hydrogen (secondary N) is 1. The first-order valence-electron chi connectivity index (χ1n) is 8.98. The third kappa shape index (κ3) is 1.54. The lowest BCUT2D eigenvalue weighted by atomic mass is 9.73. The minimum atomic E-state index is -2.17. The van der Waals surface area contributed by atoms with Crippen molar-refractivity contribution < 1.29 is 8.22 Å². The van der Waals surface area contributed by atoms with Crippen molar-refractivity contribution in [3.63, 3.8) is 0 Å². The monoisotopic (exact) mass is 243 g/mol. The first-order chi connectivity index (χ1) is 10.9. The van der Waals surface area contributed by atoms with Crippen molar-refractivity contribution in [1.82, 2.24) is 0 Å². The highest BCUT2D eigenvalue weighted by Crippen LogP contribution is 2.45. The highest BCUT2D eigenvalue weighted by atomic mass is 14.9. The van der Waals surface area contributed by atoms with E-state index < -0.39 is 19.1 Å². The van der Waals surface area contributed by atoms with Crippen molar-refractivity contribution in [2.75, 3.05) is 5.32 Å². The molecule has 0 bridgehead atoms. The zero-order valence-corrected chi connectivity index (χ0v) is 10.5. The first-order valence-corrected chi connectivity index (χ1v) is 5.98. The highest BCUT2D eigenvalue weighted by molar-refractivity contribution is 5.76. The molecule has 0 amide bonds. The van der Waals surface area contributed by atoms with Gasteiger partial charge in [0.2, 0.25) is 0 Å². The van der Waals surface area contributed by atoms with Crippen molar-refractivity contribution in [3.8, 4) is 0 Å². The first kappa shape index (κ1) is 6.42. The van der Waals surface area contributed by atoms with Gasteiger partial charge < -0.3 is 5.32 Å². The molecule has 0 atom stereocenters. The number of anilines is 2. The summed E-state index contributed by atoms with van der Waals surface area (Å²) in [5.41, 5.74) is 3.47. The third-order valence-electron chi connectivity index (χ3n) is 3.66. The van der Waals surface area contributed by atoms with E-state index in [0.717, 1.165) is 22.5 Å².